The first kappa shape index (κ1) is 17.7. The highest BCUT2D eigenvalue weighted by Gasteiger charge is 2.35. The number of hydrogen-bond donors (Lipinski definition) is 1. The number of nitrogens with one attached hydrogen (secondary N) is 1. The molecule has 7 heteroatoms. The Morgan fingerprint density at radius 1 is 1.19 bits per heavy atom. The number of ether oxygens (including phenoxy) is 1. The molecule has 2 aromatic rings. The molecular weight excluding hydrogens is 328 g/mol. The molecule has 1 aliphatic heterocycles. The normalized spacial score (nSPS) is 25.0. The van der Waals surface area contributed by atoms with Gasteiger partial charge < -0.3 is 10.1 Å². The number of aryl methyl sites for hydroxylation is 1. The van der Waals surface area contributed by atoms with Gasteiger partial charge in [-0.2, -0.15) is 5.10 Å². The van der Waals surface area contributed by atoms with Gasteiger partial charge in [-0.1, -0.05) is 12.8 Å². The summed E-state index contributed by atoms with van der Waals surface area (Å²) in [5.41, 5.74) is 0.914. The average Bonchev–Trinajstić information content (AvgIpc) is 3.35. The van der Waals surface area contributed by atoms with E-state index in [1.807, 2.05) is 17.9 Å². The number of methoxy groups -OCH3 is 1. The van der Waals surface area contributed by atoms with Crippen LogP contribution in [-0.4, -0.2) is 63.0 Å². The van der Waals surface area contributed by atoms with Crippen molar-refractivity contribution in [3.8, 4) is 0 Å². The molecule has 1 N–H and O–H groups in total. The van der Waals surface area contributed by atoms with Crippen LogP contribution in [0.25, 0.3) is 11.0 Å². The van der Waals surface area contributed by atoms with E-state index in [9.17, 15) is 0 Å². The zero-order chi connectivity index (χ0) is 18.3. The minimum atomic E-state index is 0.161. The number of aromatic nitrogens is 4. The first-order chi connectivity index (χ1) is 12.6. The second-order valence-electron chi connectivity index (χ2n) is 7.99. The summed E-state index contributed by atoms with van der Waals surface area (Å²) < 4.78 is 7.61. The van der Waals surface area contributed by atoms with Crippen LogP contribution in [0.2, 0.25) is 0 Å². The third-order valence-corrected chi connectivity index (χ3v) is 5.98. The van der Waals surface area contributed by atoms with E-state index in [0.29, 0.717) is 12.0 Å². The summed E-state index contributed by atoms with van der Waals surface area (Å²) >= 11 is 0. The van der Waals surface area contributed by atoms with E-state index in [-0.39, 0.29) is 12.1 Å². The van der Waals surface area contributed by atoms with Crippen molar-refractivity contribution in [1.82, 2.24) is 24.6 Å². The van der Waals surface area contributed by atoms with E-state index in [2.05, 4.69) is 29.2 Å². The summed E-state index contributed by atoms with van der Waals surface area (Å²) in [7, 11) is 3.75. The smallest absolute Gasteiger partial charge is 0.163 e. The monoisotopic (exact) mass is 358 g/mol. The summed E-state index contributed by atoms with van der Waals surface area (Å²) in [5, 5.41) is 9.08. The van der Waals surface area contributed by atoms with E-state index < -0.39 is 0 Å². The van der Waals surface area contributed by atoms with Crippen molar-refractivity contribution in [3.05, 3.63) is 12.0 Å². The number of nitrogens with zero attached hydrogens (tertiary/aromatic N) is 5. The van der Waals surface area contributed by atoms with Crippen LogP contribution in [0.5, 0.6) is 0 Å². The van der Waals surface area contributed by atoms with Gasteiger partial charge in [0, 0.05) is 39.2 Å². The van der Waals surface area contributed by atoms with Gasteiger partial charge in [-0.15, -0.1) is 0 Å². The van der Waals surface area contributed by atoms with E-state index in [1.54, 1.807) is 7.11 Å². The maximum Gasteiger partial charge on any atom is 0.163 e. The van der Waals surface area contributed by atoms with Crippen LogP contribution >= 0.6 is 0 Å². The third-order valence-electron chi connectivity index (χ3n) is 5.98. The fourth-order valence-electron chi connectivity index (χ4n) is 4.29. The quantitative estimate of drug-likeness (QED) is 0.886. The standard InChI is InChI=1S/C19H30N6O/c1-12(2)25-10-15(16(11-25)26-4)21-18-14-9-20-24(3)19(14)23-17(22-18)13-7-5-6-8-13/h9,12-13,15-16H,5-8,10-11H2,1-4H3,(H,21,22,23)/t15-,16-/m0/s1. The largest absolute Gasteiger partial charge is 0.378 e. The maximum atomic E-state index is 5.76. The molecule has 142 valence electrons. The summed E-state index contributed by atoms with van der Waals surface area (Å²) in [6.45, 7) is 6.37. The molecule has 0 radical (unpaired) electrons. The van der Waals surface area contributed by atoms with Crippen LogP contribution in [0.3, 0.4) is 0 Å². The minimum absolute atomic E-state index is 0.161. The van der Waals surface area contributed by atoms with Crippen molar-refractivity contribution in [3.63, 3.8) is 0 Å². The van der Waals surface area contributed by atoms with Gasteiger partial charge in [0.05, 0.1) is 23.7 Å². The van der Waals surface area contributed by atoms with E-state index in [4.69, 9.17) is 14.7 Å². The second-order valence-corrected chi connectivity index (χ2v) is 7.99. The molecule has 7 nitrogen and oxygen atoms in total. The van der Waals surface area contributed by atoms with Crippen LogP contribution in [0, 0.1) is 0 Å². The van der Waals surface area contributed by atoms with Gasteiger partial charge in [-0.3, -0.25) is 9.58 Å². The van der Waals surface area contributed by atoms with Crippen LogP contribution in [0.1, 0.15) is 51.3 Å². The Bertz CT molecular complexity index is 767. The van der Waals surface area contributed by atoms with Crippen LogP contribution in [0.15, 0.2) is 6.20 Å². The van der Waals surface area contributed by atoms with E-state index in [1.165, 1.54) is 25.7 Å². The van der Waals surface area contributed by atoms with Crippen molar-refractivity contribution in [2.75, 3.05) is 25.5 Å². The van der Waals surface area contributed by atoms with Crippen molar-refractivity contribution >= 4 is 16.9 Å². The molecule has 2 aliphatic rings. The van der Waals surface area contributed by atoms with Gasteiger partial charge in [-0.25, -0.2) is 9.97 Å². The average molecular weight is 358 g/mol. The lowest BCUT2D eigenvalue weighted by atomic mass is 10.1. The number of hydrogen-bond acceptors (Lipinski definition) is 6. The molecular formula is C19H30N6O. The van der Waals surface area contributed by atoms with Crippen LogP contribution < -0.4 is 5.32 Å². The highest BCUT2D eigenvalue weighted by atomic mass is 16.5. The van der Waals surface area contributed by atoms with Gasteiger partial charge in [0.1, 0.15) is 11.6 Å². The Morgan fingerprint density at radius 2 is 1.96 bits per heavy atom. The molecule has 0 aromatic carbocycles. The van der Waals surface area contributed by atoms with Crippen molar-refractivity contribution < 1.29 is 4.74 Å². The number of rotatable bonds is 5. The molecule has 2 aromatic heterocycles. The Hall–Kier alpha value is -1.73. The molecule has 2 atom stereocenters. The molecule has 0 bridgehead atoms. The van der Waals surface area contributed by atoms with Gasteiger partial charge in [0.2, 0.25) is 0 Å². The van der Waals surface area contributed by atoms with Gasteiger partial charge in [-0.05, 0) is 26.7 Å². The molecule has 4 rings (SSSR count). The lowest BCUT2D eigenvalue weighted by Crippen LogP contribution is -2.34. The first-order valence-electron chi connectivity index (χ1n) is 9.80. The first-order valence-corrected chi connectivity index (χ1v) is 9.80. The highest BCUT2D eigenvalue weighted by molar-refractivity contribution is 5.86. The number of anilines is 1. The predicted octanol–water partition coefficient (Wildman–Crippen LogP) is 2.54. The zero-order valence-electron chi connectivity index (χ0n) is 16.3. The second kappa shape index (κ2) is 7.12. The van der Waals surface area contributed by atoms with Gasteiger partial charge in [0.15, 0.2) is 5.65 Å². The molecule has 0 unspecified atom stereocenters. The maximum absolute atomic E-state index is 5.76. The summed E-state index contributed by atoms with van der Waals surface area (Å²) in [5.74, 6) is 2.35. The third kappa shape index (κ3) is 3.18. The SMILES string of the molecule is CO[C@H]1CN(C(C)C)C[C@@H]1Nc1nc(C2CCCC2)nc2c1cnn2C. The summed E-state index contributed by atoms with van der Waals surface area (Å²) in [6, 6.07) is 0.731. The molecule has 0 spiro atoms. The Kier molecular flexibility index (Phi) is 4.84. The summed E-state index contributed by atoms with van der Waals surface area (Å²) in [6.07, 6.45) is 6.96. The van der Waals surface area contributed by atoms with E-state index >= 15 is 0 Å². The topological polar surface area (TPSA) is 68.1 Å². The Labute approximate surface area is 155 Å². The molecule has 1 aliphatic carbocycles. The zero-order valence-corrected chi connectivity index (χ0v) is 16.3. The molecule has 26 heavy (non-hydrogen) atoms. The van der Waals surface area contributed by atoms with Crippen molar-refractivity contribution in [2.24, 2.45) is 7.05 Å². The minimum Gasteiger partial charge on any atom is -0.378 e. The van der Waals surface area contributed by atoms with E-state index in [0.717, 1.165) is 35.8 Å². The van der Waals surface area contributed by atoms with Crippen molar-refractivity contribution in [2.45, 2.75) is 63.6 Å². The molecule has 1 saturated carbocycles. The lowest BCUT2D eigenvalue weighted by molar-refractivity contribution is 0.0983. The molecule has 2 fully saturated rings. The molecule has 1 saturated heterocycles. The Balaban J connectivity index is 1.66. The van der Waals surface area contributed by atoms with Gasteiger partial charge >= 0.3 is 0 Å². The number of likely N-dealkylation sites (tertiary alicyclic amines) is 1. The summed E-state index contributed by atoms with van der Waals surface area (Å²) in [4.78, 5) is 12.2. The van der Waals surface area contributed by atoms with Crippen LogP contribution in [-0.2, 0) is 11.8 Å². The van der Waals surface area contributed by atoms with Crippen LogP contribution in [0.4, 0.5) is 5.82 Å². The highest BCUT2D eigenvalue weighted by Crippen LogP contribution is 2.34. The Morgan fingerprint density at radius 3 is 2.65 bits per heavy atom. The molecule has 0 amide bonds. The van der Waals surface area contributed by atoms with Crippen molar-refractivity contribution in [1.29, 1.82) is 0 Å². The fraction of sp³-hybridized carbons (Fsp3) is 0.737. The predicted molar refractivity (Wildman–Crippen MR) is 102 cm³/mol. The molecule has 3 heterocycles. The fourth-order valence-corrected chi connectivity index (χ4v) is 4.29. The van der Waals surface area contributed by atoms with Gasteiger partial charge in [0.25, 0.3) is 0 Å². The number of fused-ring (bicyclic) bond motifs is 1. The lowest BCUT2D eigenvalue weighted by Gasteiger charge is -2.21.